The lowest BCUT2D eigenvalue weighted by Crippen LogP contribution is -2.35. The molecule has 0 amide bonds. The van der Waals surface area contributed by atoms with Crippen LogP contribution in [0.1, 0.15) is 30.4 Å². The Morgan fingerprint density at radius 3 is 2.54 bits per heavy atom. The molecule has 1 aliphatic rings. The molecule has 0 saturated heterocycles. The summed E-state index contributed by atoms with van der Waals surface area (Å²) in [4.78, 5) is 4.46. The van der Waals surface area contributed by atoms with E-state index in [1.807, 2.05) is 54.1 Å². The first-order valence-corrected chi connectivity index (χ1v) is 12.7. The average molecular weight is 534 g/mol. The number of benzene rings is 3. The van der Waals surface area contributed by atoms with Crippen LogP contribution in [0.5, 0.6) is 0 Å². The van der Waals surface area contributed by atoms with Crippen molar-refractivity contribution in [3.8, 4) is 34.0 Å². The van der Waals surface area contributed by atoms with Crippen LogP contribution in [0.25, 0.3) is 45.1 Å². The van der Waals surface area contributed by atoms with Crippen LogP contribution < -0.4 is 5.32 Å². The number of halogens is 3. The highest BCUT2D eigenvalue weighted by molar-refractivity contribution is 5.84. The van der Waals surface area contributed by atoms with Crippen LogP contribution in [-0.4, -0.2) is 37.0 Å². The molecule has 2 aromatic heterocycles. The number of fused-ring (bicyclic) bond motifs is 1. The van der Waals surface area contributed by atoms with Crippen molar-refractivity contribution in [3.63, 3.8) is 0 Å². The van der Waals surface area contributed by atoms with Gasteiger partial charge in [-0.2, -0.15) is 13.2 Å². The van der Waals surface area contributed by atoms with Crippen molar-refractivity contribution in [3.05, 3.63) is 78.1 Å². The summed E-state index contributed by atoms with van der Waals surface area (Å²) in [6, 6.07) is 17.7. The van der Waals surface area contributed by atoms with E-state index in [1.54, 1.807) is 18.5 Å². The number of nitrogens with zero attached hydrogens (tertiary/aromatic N) is 4. The van der Waals surface area contributed by atoms with E-state index in [-0.39, 0.29) is 29.6 Å². The van der Waals surface area contributed by atoms with E-state index in [1.165, 1.54) is 0 Å². The van der Waals surface area contributed by atoms with Crippen LogP contribution in [0.4, 0.5) is 13.2 Å². The average Bonchev–Trinajstić information content (AvgIpc) is 3.66. The molecule has 0 spiro atoms. The minimum absolute atomic E-state index is 0.102. The van der Waals surface area contributed by atoms with Gasteiger partial charge in [-0.05, 0) is 60.2 Å². The molecule has 1 fully saturated rings. The van der Waals surface area contributed by atoms with Crippen molar-refractivity contribution in [1.82, 2.24) is 25.1 Å². The number of oxazole rings is 1. The van der Waals surface area contributed by atoms with Gasteiger partial charge in [-0.15, -0.1) is 10.2 Å². The first-order valence-electron chi connectivity index (χ1n) is 12.7. The number of aliphatic hydroxyl groups is 1. The Hall–Kier alpha value is -4.02. The number of rotatable bonds is 6. The number of aryl methyl sites for hydroxylation is 1. The molecule has 1 aliphatic carbocycles. The zero-order valence-electron chi connectivity index (χ0n) is 21.1. The molecule has 1 saturated carbocycles. The summed E-state index contributed by atoms with van der Waals surface area (Å²) in [5.74, 6) is 0.795. The van der Waals surface area contributed by atoms with Crippen molar-refractivity contribution in [1.29, 1.82) is 0 Å². The molecule has 2 atom stereocenters. The van der Waals surface area contributed by atoms with E-state index >= 15 is 0 Å². The number of nitrogens with one attached hydrogen (secondary N) is 1. The largest absolute Gasteiger partial charge is 0.435 e. The van der Waals surface area contributed by atoms with Gasteiger partial charge >= 0.3 is 6.18 Å². The van der Waals surface area contributed by atoms with Crippen molar-refractivity contribution < 1.29 is 22.7 Å². The van der Waals surface area contributed by atoms with Crippen LogP contribution in [0.15, 0.2) is 71.4 Å². The number of aromatic nitrogens is 4. The maximum atomic E-state index is 14.0. The van der Waals surface area contributed by atoms with Gasteiger partial charge in [0.25, 0.3) is 0 Å². The number of alkyl halides is 3. The van der Waals surface area contributed by atoms with Crippen molar-refractivity contribution in [2.24, 2.45) is 7.05 Å². The molecule has 5 aromatic rings. The second-order valence-corrected chi connectivity index (χ2v) is 9.89. The molecule has 2 N–H and O–H groups in total. The van der Waals surface area contributed by atoms with Gasteiger partial charge in [-0.3, -0.25) is 0 Å². The van der Waals surface area contributed by atoms with Gasteiger partial charge in [0.2, 0.25) is 5.89 Å². The zero-order valence-corrected chi connectivity index (χ0v) is 21.1. The Morgan fingerprint density at radius 1 is 1.03 bits per heavy atom. The third-order valence-electron chi connectivity index (χ3n) is 7.20. The summed E-state index contributed by atoms with van der Waals surface area (Å²) in [6.45, 7) is 0.192. The smallest absolute Gasteiger partial charge is 0.420 e. The van der Waals surface area contributed by atoms with E-state index in [0.717, 1.165) is 35.6 Å². The van der Waals surface area contributed by atoms with Gasteiger partial charge in [0.1, 0.15) is 17.4 Å². The summed E-state index contributed by atoms with van der Waals surface area (Å²) in [5.41, 5.74) is 2.55. The molecule has 2 heterocycles. The topological polar surface area (TPSA) is 89.0 Å². The lowest BCUT2D eigenvalue weighted by atomic mass is 9.97. The first-order chi connectivity index (χ1) is 18.8. The summed E-state index contributed by atoms with van der Waals surface area (Å²) in [7, 11) is 1.86. The highest BCUT2D eigenvalue weighted by atomic mass is 19.4. The fraction of sp³-hybridized carbons (Fsp3) is 0.276. The molecule has 0 bridgehead atoms. The SMILES string of the molecule is Cn1cnnc1-c1ccccc1-c1cccc(-c2nc3cc(CN[C@@H]4CCC[C@@H]4O)cc(C(F)(F)F)c3o2)c1. The second kappa shape index (κ2) is 9.94. The third-order valence-corrected chi connectivity index (χ3v) is 7.20. The number of aliphatic hydroxyl groups excluding tert-OH is 1. The molecule has 3 aromatic carbocycles. The fourth-order valence-electron chi connectivity index (χ4n) is 5.23. The van der Waals surface area contributed by atoms with E-state index in [4.69, 9.17) is 4.42 Å². The molecular weight excluding hydrogens is 507 g/mol. The van der Waals surface area contributed by atoms with Crippen molar-refractivity contribution in [2.75, 3.05) is 0 Å². The Kier molecular flexibility index (Phi) is 6.44. The first kappa shape index (κ1) is 25.3. The Bertz CT molecular complexity index is 1640. The number of hydrogen-bond donors (Lipinski definition) is 2. The Morgan fingerprint density at radius 2 is 1.82 bits per heavy atom. The lowest BCUT2D eigenvalue weighted by Gasteiger charge is -2.17. The monoisotopic (exact) mass is 533 g/mol. The summed E-state index contributed by atoms with van der Waals surface area (Å²) < 4.78 is 49.7. The molecular formula is C29H26F3N5O2. The van der Waals surface area contributed by atoms with Crippen LogP contribution in [0, 0.1) is 0 Å². The fourth-order valence-corrected chi connectivity index (χ4v) is 5.23. The molecule has 7 nitrogen and oxygen atoms in total. The standard InChI is InChI=1S/C29H26F3N5O2/c1-37-16-34-36-27(37)21-9-3-2-8-20(21)18-6-4-7-19(14-18)28-35-24-13-17(15-33-23-10-5-11-25(23)38)12-22(26(24)39-28)29(30,31)32/h2-4,6-9,12-14,16,23,25,33,38H,5,10-11,15H2,1H3/t23-,25+/m1/s1. The minimum Gasteiger partial charge on any atom is -0.435 e. The maximum absolute atomic E-state index is 14.0. The predicted molar refractivity (Wildman–Crippen MR) is 140 cm³/mol. The van der Waals surface area contributed by atoms with Crippen molar-refractivity contribution in [2.45, 2.75) is 44.1 Å². The molecule has 0 unspecified atom stereocenters. The second-order valence-electron chi connectivity index (χ2n) is 9.89. The quantitative estimate of drug-likeness (QED) is 0.279. The van der Waals surface area contributed by atoms with Gasteiger partial charge < -0.3 is 19.4 Å². The van der Waals surface area contributed by atoms with Gasteiger partial charge in [-0.25, -0.2) is 4.98 Å². The van der Waals surface area contributed by atoms with Gasteiger partial charge in [0.05, 0.1) is 6.10 Å². The van der Waals surface area contributed by atoms with E-state index in [0.29, 0.717) is 23.4 Å². The van der Waals surface area contributed by atoms with Crippen LogP contribution >= 0.6 is 0 Å². The van der Waals surface area contributed by atoms with E-state index in [9.17, 15) is 18.3 Å². The Labute approximate surface area is 222 Å². The van der Waals surface area contributed by atoms with Crippen LogP contribution in [-0.2, 0) is 19.8 Å². The van der Waals surface area contributed by atoms with Gasteiger partial charge in [-0.1, -0.05) is 36.4 Å². The van der Waals surface area contributed by atoms with Gasteiger partial charge in [0, 0.05) is 30.8 Å². The third kappa shape index (κ3) is 4.93. The summed E-state index contributed by atoms with van der Waals surface area (Å²) >= 11 is 0. The van der Waals surface area contributed by atoms with Gasteiger partial charge in [0.15, 0.2) is 11.4 Å². The molecule has 10 heteroatoms. The summed E-state index contributed by atoms with van der Waals surface area (Å²) in [6.07, 6.45) is -1.10. The zero-order chi connectivity index (χ0) is 27.1. The van der Waals surface area contributed by atoms with Crippen LogP contribution in [0.2, 0.25) is 0 Å². The maximum Gasteiger partial charge on any atom is 0.420 e. The summed E-state index contributed by atoms with van der Waals surface area (Å²) in [5, 5.41) is 21.5. The molecule has 6 rings (SSSR count). The minimum atomic E-state index is -4.62. The lowest BCUT2D eigenvalue weighted by molar-refractivity contribution is -0.136. The molecule has 0 radical (unpaired) electrons. The normalized spacial score (nSPS) is 17.8. The highest BCUT2D eigenvalue weighted by Gasteiger charge is 2.36. The molecule has 0 aliphatic heterocycles. The molecule has 200 valence electrons. The molecule has 39 heavy (non-hydrogen) atoms. The van der Waals surface area contributed by atoms with E-state index in [2.05, 4.69) is 20.5 Å². The van der Waals surface area contributed by atoms with Crippen LogP contribution in [0.3, 0.4) is 0 Å². The van der Waals surface area contributed by atoms with E-state index < -0.39 is 17.8 Å². The van der Waals surface area contributed by atoms with Crippen molar-refractivity contribution >= 4 is 11.1 Å². The predicted octanol–water partition coefficient (Wildman–Crippen LogP) is 5.98. The highest BCUT2D eigenvalue weighted by Crippen LogP contribution is 2.39. The Balaban J connectivity index is 1.38. The number of hydrogen-bond acceptors (Lipinski definition) is 6.